The van der Waals surface area contributed by atoms with Crippen LogP contribution in [0.4, 0.5) is 4.39 Å². The molecule has 1 aromatic heterocycles. The van der Waals surface area contributed by atoms with E-state index in [4.69, 9.17) is 10.3 Å². The molecular formula is C23H25FN4O4S. The van der Waals surface area contributed by atoms with Gasteiger partial charge < -0.3 is 15.2 Å². The molecule has 1 aliphatic heterocycles. The third-order valence-corrected chi connectivity index (χ3v) is 6.85. The van der Waals surface area contributed by atoms with Crippen LogP contribution >= 0.6 is 0 Å². The van der Waals surface area contributed by atoms with Gasteiger partial charge in [0.25, 0.3) is 0 Å². The fraction of sp³-hybridized carbons (Fsp3) is 0.348. The van der Waals surface area contributed by atoms with Crippen LogP contribution in [0.25, 0.3) is 11.4 Å². The van der Waals surface area contributed by atoms with Gasteiger partial charge in [0.2, 0.25) is 17.6 Å². The molecule has 2 aromatic carbocycles. The van der Waals surface area contributed by atoms with Gasteiger partial charge in [-0.05, 0) is 55.2 Å². The SMILES string of the molecule is CS(=O)(=O)c1ccc(-c2noc(C3CCCN3C(=O)C[C@H](N)Cc3ccccc3F)n2)cc1. The number of rotatable bonds is 7. The van der Waals surface area contributed by atoms with Crippen molar-refractivity contribution in [3.05, 3.63) is 65.8 Å². The fourth-order valence-electron chi connectivity index (χ4n) is 4.02. The van der Waals surface area contributed by atoms with Crippen molar-refractivity contribution in [2.45, 2.75) is 42.7 Å². The van der Waals surface area contributed by atoms with Crippen molar-refractivity contribution in [3.63, 3.8) is 0 Å². The van der Waals surface area contributed by atoms with Crippen LogP contribution in [-0.4, -0.2) is 48.2 Å². The van der Waals surface area contributed by atoms with Gasteiger partial charge in [-0.25, -0.2) is 12.8 Å². The monoisotopic (exact) mass is 472 g/mol. The number of carbonyl (C=O) groups is 1. The highest BCUT2D eigenvalue weighted by atomic mass is 32.2. The summed E-state index contributed by atoms with van der Waals surface area (Å²) < 4.78 is 42.6. The van der Waals surface area contributed by atoms with E-state index in [0.29, 0.717) is 35.8 Å². The zero-order valence-corrected chi connectivity index (χ0v) is 19.0. The summed E-state index contributed by atoms with van der Waals surface area (Å²) in [6.07, 6.45) is 2.97. The van der Waals surface area contributed by atoms with Gasteiger partial charge in [-0.15, -0.1) is 0 Å². The van der Waals surface area contributed by atoms with Gasteiger partial charge in [0.1, 0.15) is 11.9 Å². The first-order chi connectivity index (χ1) is 15.7. The Labute approximate surface area is 191 Å². The van der Waals surface area contributed by atoms with E-state index in [-0.39, 0.29) is 35.5 Å². The second kappa shape index (κ2) is 9.40. The molecular weight excluding hydrogens is 447 g/mol. The van der Waals surface area contributed by atoms with Crippen LogP contribution in [-0.2, 0) is 21.1 Å². The molecule has 1 unspecified atom stereocenters. The Balaban J connectivity index is 1.43. The molecule has 2 heterocycles. The number of halogens is 1. The third-order valence-electron chi connectivity index (χ3n) is 5.72. The van der Waals surface area contributed by atoms with Crippen molar-refractivity contribution < 1.29 is 22.1 Å². The summed E-state index contributed by atoms with van der Waals surface area (Å²) in [5.41, 5.74) is 7.24. The van der Waals surface area contributed by atoms with Gasteiger partial charge in [-0.3, -0.25) is 4.79 Å². The second-order valence-corrected chi connectivity index (χ2v) is 10.3. The molecule has 3 aromatic rings. The van der Waals surface area contributed by atoms with Gasteiger partial charge in [-0.1, -0.05) is 23.4 Å². The Hall–Kier alpha value is -3.11. The first-order valence-corrected chi connectivity index (χ1v) is 12.5. The smallest absolute Gasteiger partial charge is 0.249 e. The highest BCUT2D eigenvalue weighted by Gasteiger charge is 2.34. The van der Waals surface area contributed by atoms with Crippen LogP contribution in [0.5, 0.6) is 0 Å². The van der Waals surface area contributed by atoms with E-state index < -0.39 is 15.9 Å². The summed E-state index contributed by atoms with van der Waals surface area (Å²) in [6.45, 7) is 0.552. The Morgan fingerprint density at radius 1 is 1.24 bits per heavy atom. The van der Waals surface area contributed by atoms with Crippen molar-refractivity contribution in [3.8, 4) is 11.4 Å². The van der Waals surface area contributed by atoms with E-state index in [9.17, 15) is 17.6 Å². The van der Waals surface area contributed by atoms with Crippen molar-refractivity contribution in [1.29, 1.82) is 0 Å². The summed E-state index contributed by atoms with van der Waals surface area (Å²) >= 11 is 0. The van der Waals surface area contributed by atoms with E-state index in [1.807, 2.05) is 0 Å². The number of benzene rings is 2. The molecule has 10 heteroatoms. The van der Waals surface area contributed by atoms with Crippen molar-refractivity contribution in [2.75, 3.05) is 12.8 Å². The molecule has 174 valence electrons. The predicted octanol–water partition coefficient (Wildman–Crippen LogP) is 2.90. The molecule has 2 atom stereocenters. The summed E-state index contributed by atoms with van der Waals surface area (Å²) in [5.74, 6) is 0.173. The zero-order chi connectivity index (χ0) is 23.6. The minimum Gasteiger partial charge on any atom is -0.337 e. The maximum atomic E-state index is 13.9. The highest BCUT2D eigenvalue weighted by Crippen LogP contribution is 2.33. The van der Waals surface area contributed by atoms with Gasteiger partial charge in [-0.2, -0.15) is 4.98 Å². The van der Waals surface area contributed by atoms with E-state index in [1.54, 1.807) is 35.2 Å². The molecule has 4 rings (SSSR count). The molecule has 1 saturated heterocycles. The zero-order valence-electron chi connectivity index (χ0n) is 18.1. The van der Waals surface area contributed by atoms with Crippen molar-refractivity contribution in [2.24, 2.45) is 5.73 Å². The molecule has 2 N–H and O–H groups in total. The minimum atomic E-state index is -3.30. The Morgan fingerprint density at radius 3 is 2.67 bits per heavy atom. The van der Waals surface area contributed by atoms with Crippen LogP contribution in [0.1, 0.15) is 36.8 Å². The molecule has 1 fully saturated rings. The molecule has 0 radical (unpaired) electrons. The predicted molar refractivity (Wildman–Crippen MR) is 119 cm³/mol. The van der Waals surface area contributed by atoms with E-state index in [2.05, 4.69) is 10.1 Å². The van der Waals surface area contributed by atoms with Crippen LogP contribution in [0.2, 0.25) is 0 Å². The van der Waals surface area contributed by atoms with Gasteiger partial charge >= 0.3 is 0 Å². The quantitative estimate of drug-likeness (QED) is 0.561. The number of carbonyl (C=O) groups excluding carboxylic acids is 1. The van der Waals surface area contributed by atoms with E-state index in [1.165, 1.54) is 18.2 Å². The molecule has 33 heavy (non-hydrogen) atoms. The van der Waals surface area contributed by atoms with E-state index >= 15 is 0 Å². The maximum absolute atomic E-state index is 13.9. The standard InChI is InChI=1S/C23H25FN4O4S/c1-33(30,31)18-10-8-15(9-11-18)22-26-23(32-27-22)20-7-4-12-28(20)21(29)14-17(25)13-16-5-2-3-6-19(16)24/h2-3,5-6,8-11,17,20H,4,7,12-14,25H2,1H3/t17-,20?/m1/s1. The topological polar surface area (TPSA) is 119 Å². The molecule has 1 amide bonds. The Kier molecular flexibility index (Phi) is 6.57. The van der Waals surface area contributed by atoms with Gasteiger partial charge in [0, 0.05) is 30.8 Å². The summed E-state index contributed by atoms with van der Waals surface area (Å²) in [7, 11) is -3.30. The average Bonchev–Trinajstić information content (AvgIpc) is 3.44. The lowest BCUT2D eigenvalue weighted by atomic mass is 10.0. The number of sulfone groups is 1. The Morgan fingerprint density at radius 2 is 1.97 bits per heavy atom. The molecule has 1 aliphatic rings. The normalized spacial score (nSPS) is 17.3. The lowest BCUT2D eigenvalue weighted by Gasteiger charge is -2.23. The first kappa shape index (κ1) is 23.1. The number of hydrogen-bond donors (Lipinski definition) is 1. The maximum Gasteiger partial charge on any atom is 0.249 e. The molecule has 0 aliphatic carbocycles. The van der Waals surface area contributed by atoms with Crippen LogP contribution < -0.4 is 5.73 Å². The first-order valence-electron chi connectivity index (χ1n) is 10.6. The molecule has 8 nitrogen and oxygen atoms in total. The van der Waals surface area contributed by atoms with Crippen LogP contribution in [0.15, 0.2) is 57.9 Å². The average molecular weight is 473 g/mol. The van der Waals surface area contributed by atoms with Gasteiger partial charge in [0.15, 0.2) is 9.84 Å². The number of aromatic nitrogens is 2. The fourth-order valence-corrected chi connectivity index (χ4v) is 4.65. The largest absolute Gasteiger partial charge is 0.337 e. The number of hydrogen-bond acceptors (Lipinski definition) is 7. The highest BCUT2D eigenvalue weighted by molar-refractivity contribution is 7.90. The lowest BCUT2D eigenvalue weighted by Crippen LogP contribution is -2.36. The molecule has 0 saturated carbocycles. The third kappa shape index (κ3) is 5.28. The Bertz CT molecular complexity index is 1240. The van der Waals surface area contributed by atoms with Crippen molar-refractivity contribution >= 4 is 15.7 Å². The van der Waals surface area contributed by atoms with Crippen molar-refractivity contribution in [1.82, 2.24) is 15.0 Å². The molecule has 0 spiro atoms. The van der Waals surface area contributed by atoms with Crippen LogP contribution in [0.3, 0.4) is 0 Å². The minimum absolute atomic E-state index is 0.0821. The lowest BCUT2D eigenvalue weighted by molar-refractivity contribution is -0.132. The van der Waals surface area contributed by atoms with E-state index in [0.717, 1.165) is 12.7 Å². The van der Waals surface area contributed by atoms with Crippen LogP contribution in [0, 0.1) is 5.82 Å². The number of nitrogens with zero attached hydrogens (tertiary/aromatic N) is 3. The summed E-state index contributed by atoms with van der Waals surface area (Å²) in [4.78, 5) is 19.3. The number of likely N-dealkylation sites (tertiary alicyclic amines) is 1. The summed E-state index contributed by atoms with van der Waals surface area (Å²) in [6, 6.07) is 11.7. The van der Waals surface area contributed by atoms with Gasteiger partial charge in [0.05, 0.1) is 4.90 Å². The molecule has 0 bridgehead atoms. The summed E-state index contributed by atoms with van der Waals surface area (Å²) in [5, 5.41) is 4.00. The number of nitrogens with two attached hydrogens (primary N) is 1. The second-order valence-electron chi connectivity index (χ2n) is 8.26. The number of amides is 1.